The van der Waals surface area contributed by atoms with E-state index >= 15 is 0 Å². The van der Waals surface area contributed by atoms with Gasteiger partial charge in [-0.25, -0.2) is 0 Å². The third kappa shape index (κ3) is 2.94. The molecule has 3 rings (SSSR count). The zero-order valence-electron chi connectivity index (χ0n) is 11.4. The predicted octanol–water partition coefficient (Wildman–Crippen LogP) is 3.34. The Kier molecular flexibility index (Phi) is 3.90. The Balaban J connectivity index is 1.56. The highest BCUT2D eigenvalue weighted by molar-refractivity contribution is 6.30. The molecule has 0 bridgehead atoms. The van der Waals surface area contributed by atoms with Crippen LogP contribution in [0, 0.1) is 0 Å². The van der Waals surface area contributed by atoms with E-state index in [2.05, 4.69) is 22.0 Å². The Bertz CT molecular complexity index is 579. The normalized spacial score (nSPS) is 15.9. The van der Waals surface area contributed by atoms with Crippen LogP contribution in [0.25, 0.3) is 0 Å². The quantitative estimate of drug-likeness (QED) is 0.863. The molecular formula is C16H17ClN2O. The minimum Gasteiger partial charge on any atom is -0.495 e. The molecule has 0 amide bonds. The van der Waals surface area contributed by atoms with Crippen LogP contribution in [0.2, 0.25) is 5.02 Å². The molecule has 0 atom stereocenters. The highest BCUT2D eigenvalue weighted by Crippen LogP contribution is 2.29. The first kappa shape index (κ1) is 13.4. The van der Waals surface area contributed by atoms with E-state index in [9.17, 15) is 0 Å². The lowest BCUT2D eigenvalue weighted by Crippen LogP contribution is -2.44. The molecule has 2 aromatic rings. The third-order valence-corrected chi connectivity index (χ3v) is 3.96. The number of halogens is 1. The topological polar surface area (TPSA) is 25.4 Å². The van der Waals surface area contributed by atoms with E-state index in [-0.39, 0.29) is 0 Å². The number of methoxy groups -OCH3 is 1. The first-order chi connectivity index (χ1) is 9.74. The first-order valence-electron chi connectivity index (χ1n) is 6.70. The zero-order chi connectivity index (χ0) is 13.9. The molecule has 1 saturated heterocycles. The summed E-state index contributed by atoms with van der Waals surface area (Å²) >= 11 is 5.91. The number of nitrogens with zero attached hydrogens (tertiary/aromatic N) is 2. The van der Waals surface area contributed by atoms with Gasteiger partial charge in [-0.05, 0) is 29.3 Å². The van der Waals surface area contributed by atoms with E-state index in [4.69, 9.17) is 16.3 Å². The van der Waals surface area contributed by atoms with E-state index < -0.39 is 0 Å². The molecule has 3 nitrogen and oxygen atoms in total. The van der Waals surface area contributed by atoms with Crippen molar-refractivity contribution in [3.05, 3.63) is 58.9 Å². The van der Waals surface area contributed by atoms with E-state index in [1.54, 1.807) is 13.3 Å². The summed E-state index contributed by atoms with van der Waals surface area (Å²) in [6.45, 7) is 3.09. The number of likely N-dealkylation sites (tertiary alicyclic amines) is 1. The Morgan fingerprint density at radius 2 is 2.00 bits per heavy atom. The summed E-state index contributed by atoms with van der Waals surface area (Å²) in [7, 11) is 1.67. The fourth-order valence-electron chi connectivity index (χ4n) is 2.56. The van der Waals surface area contributed by atoms with Crippen LogP contribution >= 0.6 is 11.6 Å². The van der Waals surface area contributed by atoms with Gasteiger partial charge in [-0.1, -0.05) is 23.7 Å². The van der Waals surface area contributed by atoms with E-state index in [0.29, 0.717) is 5.92 Å². The first-order valence-corrected chi connectivity index (χ1v) is 7.08. The molecule has 1 aliphatic heterocycles. The number of benzene rings is 1. The smallest absolute Gasteiger partial charge is 0.137 e. The fourth-order valence-corrected chi connectivity index (χ4v) is 2.69. The highest BCUT2D eigenvalue weighted by Gasteiger charge is 2.27. The van der Waals surface area contributed by atoms with Crippen molar-refractivity contribution in [2.24, 2.45) is 0 Å². The molecule has 1 aromatic heterocycles. The molecule has 1 fully saturated rings. The Morgan fingerprint density at radius 3 is 2.70 bits per heavy atom. The Labute approximate surface area is 124 Å². The summed E-state index contributed by atoms with van der Waals surface area (Å²) in [6.07, 6.45) is 3.63. The lowest BCUT2D eigenvalue weighted by Gasteiger charge is -2.39. The van der Waals surface area contributed by atoms with Crippen molar-refractivity contribution < 1.29 is 4.74 Å². The van der Waals surface area contributed by atoms with Crippen molar-refractivity contribution in [2.75, 3.05) is 20.2 Å². The van der Waals surface area contributed by atoms with E-state index in [1.165, 1.54) is 11.1 Å². The summed E-state index contributed by atoms with van der Waals surface area (Å²) in [5.74, 6) is 1.43. The summed E-state index contributed by atoms with van der Waals surface area (Å²) in [5.41, 5.74) is 2.56. The van der Waals surface area contributed by atoms with Gasteiger partial charge in [0.15, 0.2) is 0 Å². The summed E-state index contributed by atoms with van der Waals surface area (Å²) < 4.78 is 5.20. The molecule has 1 aliphatic rings. The maximum absolute atomic E-state index is 5.91. The van der Waals surface area contributed by atoms with Gasteiger partial charge < -0.3 is 4.74 Å². The number of ether oxygens (including phenoxy) is 1. The SMILES string of the molecule is COc1cncc(CN2CC(c3ccc(Cl)cc3)C2)c1. The molecule has 0 unspecified atom stereocenters. The van der Waals surface area contributed by atoms with E-state index in [1.807, 2.05) is 24.4 Å². The Morgan fingerprint density at radius 1 is 1.25 bits per heavy atom. The van der Waals surface area contributed by atoms with Gasteiger partial charge in [0.2, 0.25) is 0 Å². The average Bonchev–Trinajstić information content (AvgIpc) is 2.44. The molecule has 1 aromatic carbocycles. The van der Waals surface area contributed by atoms with Crippen LogP contribution in [0.15, 0.2) is 42.7 Å². The van der Waals surface area contributed by atoms with Crippen LogP contribution in [0.4, 0.5) is 0 Å². The van der Waals surface area contributed by atoms with Gasteiger partial charge in [0, 0.05) is 36.8 Å². The van der Waals surface area contributed by atoms with E-state index in [0.717, 1.165) is 30.4 Å². The molecule has 0 N–H and O–H groups in total. The summed E-state index contributed by atoms with van der Waals surface area (Å²) in [4.78, 5) is 6.60. The zero-order valence-corrected chi connectivity index (χ0v) is 12.2. The Hall–Kier alpha value is -1.58. The number of hydrogen-bond donors (Lipinski definition) is 0. The maximum Gasteiger partial charge on any atom is 0.137 e. The lowest BCUT2D eigenvalue weighted by atomic mass is 9.91. The molecule has 4 heteroatoms. The minimum atomic E-state index is 0.617. The second-order valence-electron chi connectivity index (χ2n) is 5.18. The van der Waals surface area contributed by atoms with Crippen molar-refractivity contribution in [3.8, 4) is 5.75 Å². The van der Waals surface area contributed by atoms with Gasteiger partial charge in [0.05, 0.1) is 13.3 Å². The van der Waals surface area contributed by atoms with Gasteiger partial charge in [-0.15, -0.1) is 0 Å². The van der Waals surface area contributed by atoms with Gasteiger partial charge in [0.1, 0.15) is 5.75 Å². The van der Waals surface area contributed by atoms with Gasteiger partial charge in [0.25, 0.3) is 0 Å². The standard InChI is InChI=1S/C16H17ClN2O/c1-20-16-6-12(7-18-8-16)9-19-10-14(11-19)13-2-4-15(17)5-3-13/h2-8,14H,9-11H2,1H3. The van der Waals surface area contributed by atoms with Gasteiger partial charge in [-0.2, -0.15) is 0 Å². The predicted molar refractivity (Wildman–Crippen MR) is 80.3 cm³/mol. The van der Waals surface area contributed by atoms with Crippen molar-refractivity contribution in [1.82, 2.24) is 9.88 Å². The second kappa shape index (κ2) is 5.81. The molecule has 0 spiro atoms. The molecule has 0 aliphatic carbocycles. The monoisotopic (exact) mass is 288 g/mol. The number of aromatic nitrogens is 1. The van der Waals surface area contributed by atoms with Crippen LogP contribution in [0.3, 0.4) is 0 Å². The minimum absolute atomic E-state index is 0.617. The second-order valence-corrected chi connectivity index (χ2v) is 5.61. The van der Waals surface area contributed by atoms with Crippen LogP contribution in [-0.4, -0.2) is 30.1 Å². The molecule has 20 heavy (non-hydrogen) atoms. The van der Waals surface area contributed by atoms with Crippen LogP contribution < -0.4 is 4.74 Å². The molecule has 104 valence electrons. The molecular weight excluding hydrogens is 272 g/mol. The maximum atomic E-state index is 5.91. The van der Waals surface area contributed by atoms with Crippen molar-refractivity contribution in [1.29, 1.82) is 0 Å². The van der Waals surface area contributed by atoms with Crippen molar-refractivity contribution in [2.45, 2.75) is 12.5 Å². The molecule has 0 saturated carbocycles. The van der Waals surface area contributed by atoms with Gasteiger partial charge >= 0.3 is 0 Å². The summed E-state index contributed by atoms with van der Waals surface area (Å²) in [5, 5.41) is 0.799. The third-order valence-electron chi connectivity index (χ3n) is 3.71. The van der Waals surface area contributed by atoms with Crippen LogP contribution in [-0.2, 0) is 6.54 Å². The largest absolute Gasteiger partial charge is 0.495 e. The van der Waals surface area contributed by atoms with Crippen molar-refractivity contribution >= 4 is 11.6 Å². The van der Waals surface area contributed by atoms with Crippen LogP contribution in [0.5, 0.6) is 5.75 Å². The lowest BCUT2D eigenvalue weighted by molar-refractivity contribution is 0.139. The van der Waals surface area contributed by atoms with Gasteiger partial charge in [-0.3, -0.25) is 9.88 Å². The summed E-state index contributed by atoms with van der Waals surface area (Å²) in [6, 6.07) is 10.2. The number of rotatable bonds is 4. The highest BCUT2D eigenvalue weighted by atomic mass is 35.5. The van der Waals surface area contributed by atoms with Crippen LogP contribution in [0.1, 0.15) is 17.0 Å². The average molecular weight is 289 g/mol. The molecule has 2 heterocycles. The van der Waals surface area contributed by atoms with Crippen molar-refractivity contribution in [3.63, 3.8) is 0 Å². The fraction of sp³-hybridized carbons (Fsp3) is 0.312. The number of hydrogen-bond acceptors (Lipinski definition) is 3. The number of pyridine rings is 1. The molecule has 0 radical (unpaired) electrons.